The number of nitrogens with two attached hydrogens (primary N) is 1. The molecule has 0 aliphatic rings. The van der Waals surface area contributed by atoms with Crippen LogP contribution in [-0.2, 0) is 13.1 Å². The maximum absolute atomic E-state index is 10.2. The first-order valence-electron chi connectivity index (χ1n) is 9.61. The number of aryl methyl sites for hydroxylation is 1. The first-order valence-corrected chi connectivity index (χ1v) is 9.61. The van der Waals surface area contributed by atoms with Gasteiger partial charge >= 0.3 is 0 Å². The standard InChI is InChI=1S/C20H29N7O2/c1-6-27-11-23-16-17(22-10-13-8-7-9-14(29-5)15(13)21)25-19(26-18(16)27)24-12(2)20(3,4)28/h7-9,11-12,28H,6,10,21H2,1-5H3,(H2,22,24,25,26). The number of nitrogen functional groups attached to an aromatic ring is 1. The SMILES string of the molecule is CCn1cnc2c(NCc3cccc(OC)c3N)nc(NC(C)C(C)(C)O)nc21. The van der Waals surface area contributed by atoms with E-state index < -0.39 is 5.60 Å². The largest absolute Gasteiger partial charge is 0.495 e. The number of imidazole rings is 1. The average Bonchev–Trinajstić information content (AvgIpc) is 3.09. The van der Waals surface area contributed by atoms with Gasteiger partial charge in [0.25, 0.3) is 0 Å². The summed E-state index contributed by atoms with van der Waals surface area (Å²) in [6.45, 7) is 8.58. The summed E-state index contributed by atoms with van der Waals surface area (Å²) in [4.78, 5) is 13.7. The number of nitrogens with one attached hydrogen (secondary N) is 2. The fourth-order valence-electron chi connectivity index (χ4n) is 2.83. The van der Waals surface area contributed by atoms with Crippen LogP contribution in [0.5, 0.6) is 5.75 Å². The molecule has 156 valence electrons. The Morgan fingerprint density at radius 2 is 2.07 bits per heavy atom. The predicted molar refractivity (Wildman–Crippen MR) is 115 cm³/mol. The van der Waals surface area contributed by atoms with Gasteiger partial charge in [0.05, 0.1) is 30.8 Å². The summed E-state index contributed by atoms with van der Waals surface area (Å²) >= 11 is 0. The van der Waals surface area contributed by atoms with Gasteiger partial charge in [-0.05, 0) is 39.3 Å². The third kappa shape index (κ3) is 4.34. The van der Waals surface area contributed by atoms with E-state index in [-0.39, 0.29) is 6.04 Å². The molecule has 2 aromatic heterocycles. The molecule has 0 fully saturated rings. The van der Waals surface area contributed by atoms with Crippen molar-refractivity contribution < 1.29 is 9.84 Å². The first kappa shape index (κ1) is 20.7. The Labute approximate surface area is 170 Å². The van der Waals surface area contributed by atoms with E-state index in [1.54, 1.807) is 27.3 Å². The number of hydrogen-bond donors (Lipinski definition) is 4. The molecule has 29 heavy (non-hydrogen) atoms. The number of rotatable bonds is 8. The van der Waals surface area contributed by atoms with Crippen molar-refractivity contribution >= 4 is 28.6 Å². The molecule has 2 heterocycles. The van der Waals surface area contributed by atoms with Crippen LogP contribution >= 0.6 is 0 Å². The van der Waals surface area contributed by atoms with Gasteiger partial charge in [-0.25, -0.2) is 4.98 Å². The quantitative estimate of drug-likeness (QED) is 0.426. The summed E-state index contributed by atoms with van der Waals surface area (Å²) in [6.07, 6.45) is 1.74. The third-order valence-corrected chi connectivity index (χ3v) is 5.03. The molecule has 9 nitrogen and oxygen atoms in total. The molecule has 0 radical (unpaired) electrons. The van der Waals surface area contributed by atoms with E-state index in [9.17, 15) is 5.11 Å². The van der Waals surface area contributed by atoms with Gasteiger partial charge in [0.15, 0.2) is 17.0 Å². The molecule has 3 aromatic rings. The second-order valence-corrected chi connectivity index (χ2v) is 7.50. The smallest absolute Gasteiger partial charge is 0.227 e. The minimum absolute atomic E-state index is 0.250. The van der Waals surface area contributed by atoms with Crippen LogP contribution in [0.2, 0.25) is 0 Å². The molecule has 0 spiro atoms. The van der Waals surface area contributed by atoms with Gasteiger partial charge in [0.1, 0.15) is 5.75 Å². The molecule has 0 aliphatic carbocycles. The molecule has 0 amide bonds. The van der Waals surface area contributed by atoms with Crippen LogP contribution < -0.4 is 21.1 Å². The Bertz CT molecular complexity index is 994. The van der Waals surface area contributed by atoms with Crippen LogP contribution in [0.15, 0.2) is 24.5 Å². The molecule has 5 N–H and O–H groups in total. The zero-order valence-electron chi connectivity index (χ0n) is 17.5. The number of methoxy groups -OCH3 is 1. The fourth-order valence-corrected chi connectivity index (χ4v) is 2.83. The van der Waals surface area contributed by atoms with Gasteiger partial charge in [0.2, 0.25) is 5.95 Å². The molecule has 0 saturated heterocycles. The molecule has 1 aromatic carbocycles. The van der Waals surface area contributed by atoms with Crippen molar-refractivity contribution in [2.24, 2.45) is 0 Å². The van der Waals surface area contributed by atoms with Crippen molar-refractivity contribution in [3.8, 4) is 5.75 Å². The maximum Gasteiger partial charge on any atom is 0.227 e. The maximum atomic E-state index is 10.2. The second kappa shape index (κ2) is 8.12. The molecule has 0 aliphatic heterocycles. The van der Waals surface area contributed by atoms with E-state index in [1.807, 2.05) is 36.6 Å². The zero-order valence-corrected chi connectivity index (χ0v) is 17.5. The van der Waals surface area contributed by atoms with E-state index >= 15 is 0 Å². The summed E-state index contributed by atoms with van der Waals surface area (Å²) in [5.74, 6) is 1.65. The minimum Gasteiger partial charge on any atom is -0.495 e. The third-order valence-electron chi connectivity index (χ3n) is 5.03. The van der Waals surface area contributed by atoms with Gasteiger partial charge in [0, 0.05) is 13.1 Å². The number of ether oxygens (including phenoxy) is 1. The Hall–Kier alpha value is -3.07. The number of anilines is 3. The number of para-hydroxylation sites is 1. The van der Waals surface area contributed by atoms with Crippen LogP contribution in [0.3, 0.4) is 0 Å². The molecule has 1 unspecified atom stereocenters. The number of hydrogen-bond acceptors (Lipinski definition) is 8. The van der Waals surface area contributed by atoms with Crippen LogP contribution in [0.4, 0.5) is 17.5 Å². The Morgan fingerprint density at radius 3 is 2.72 bits per heavy atom. The predicted octanol–water partition coefficient (Wildman–Crippen LogP) is 2.62. The topological polar surface area (TPSA) is 123 Å². The van der Waals surface area contributed by atoms with Crippen molar-refractivity contribution in [2.75, 3.05) is 23.5 Å². The molecule has 0 bridgehead atoms. The Kier molecular flexibility index (Phi) is 5.78. The molecule has 3 rings (SSSR count). The van der Waals surface area contributed by atoms with E-state index in [2.05, 4.69) is 25.6 Å². The van der Waals surface area contributed by atoms with E-state index in [1.165, 1.54) is 0 Å². The first-order chi connectivity index (χ1) is 13.7. The molecular weight excluding hydrogens is 370 g/mol. The summed E-state index contributed by atoms with van der Waals surface area (Å²) in [5.41, 5.74) is 8.13. The minimum atomic E-state index is -0.925. The van der Waals surface area contributed by atoms with Crippen molar-refractivity contribution in [2.45, 2.75) is 52.4 Å². The van der Waals surface area contributed by atoms with Crippen LogP contribution in [0.25, 0.3) is 11.2 Å². The molecule has 0 saturated carbocycles. The Morgan fingerprint density at radius 1 is 1.31 bits per heavy atom. The van der Waals surface area contributed by atoms with E-state index in [0.717, 1.165) is 12.1 Å². The number of aliphatic hydroxyl groups is 1. The molecule has 1 atom stereocenters. The van der Waals surface area contributed by atoms with Gasteiger partial charge in [-0.1, -0.05) is 12.1 Å². The Balaban J connectivity index is 1.95. The number of fused-ring (bicyclic) bond motifs is 1. The van der Waals surface area contributed by atoms with Gasteiger partial charge in [-0.15, -0.1) is 0 Å². The average molecular weight is 399 g/mol. The lowest BCUT2D eigenvalue weighted by atomic mass is 10.0. The highest BCUT2D eigenvalue weighted by Gasteiger charge is 2.24. The molecule has 9 heteroatoms. The monoisotopic (exact) mass is 399 g/mol. The lowest BCUT2D eigenvalue weighted by Gasteiger charge is -2.26. The fraction of sp³-hybridized carbons (Fsp3) is 0.450. The summed E-state index contributed by atoms with van der Waals surface area (Å²) < 4.78 is 7.24. The highest BCUT2D eigenvalue weighted by Crippen LogP contribution is 2.27. The van der Waals surface area contributed by atoms with E-state index in [0.29, 0.717) is 40.9 Å². The van der Waals surface area contributed by atoms with Crippen LogP contribution in [0.1, 0.15) is 33.3 Å². The summed E-state index contributed by atoms with van der Waals surface area (Å²) in [6, 6.07) is 5.40. The van der Waals surface area contributed by atoms with Crippen LogP contribution in [-0.4, -0.2) is 43.4 Å². The normalized spacial score (nSPS) is 12.8. The van der Waals surface area contributed by atoms with Gasteiger partial charge in [-0.3, -0.25) is 0 Å². The number of nitrogens with zero attached hydrogens (tertiary/aromatic N) is 4. The van der Waals surface area contributed by atoms with Crippen LogP contribution in [0, 0.1) is 0 Å². The van der Waals surface area contributed by atoms with Crippen molar-refractivity contribution in [1.29, 1.82) is 0 Å². The number of benzene rings is 1. The van der Waals surface area contributed by atoms with Crippen molar-refractivity contribution in [3.05, 3.63) is 30.1 Å². The van der Waals surface area contributed by atoms with Gasteiger partial charge in [-0.2, -0.15) is 9.97 Å². The highest BCUT2D eigenvalue weighted by atomic mass is 16.5. The van der Waals surface area contributed by atoms with Crippen molar-refractivity contribution in [3.63, 3.8) is 0 Å². The summed E-state index contributed by atoms with van der Waals surface area (Å²) in [5, 5.41) is 16.8. The molecular formula is C20H29N7O2. The number of aromatic nitrogens is 4. The van der Waals surface area contributed by atoms with E-state index in [4.69, 9.17) is 10.5 Å². The zero-order chi connectivity index (χ0) is 21.2. The summed E-state index contributed by atoms with van der Waals surface area (Å²) in [7, 11) is 1.59. The van der Waals surface area contributed by atoms with Gasteiger partial charge < -0.3 is 30.8 Å². The lowest BCUT2D eigenvalue weighted by molar-refractivity contribution is 0.0646. The van der Waals surface area contributed by atoms with Crippen molar-refractivity contribution in [1.82, 2.24) is 19.5 Å². The second-order valence-electron chi connectivity index (χ2n) is 7.50. The highest BCUT2D eigenvalue weighted by molar-refractivity contribution is 5.84. The lowest BCUT2D eigenvalue weighted by Crippen LogP contribution is -2.39.